The number of carbonyl (C=O) groups excluding carboxylic acids is 1. The number of thiophene rings is 1. The fraction of sp³-hybridized carbons (Fsp3) is 0.214. The molecule has 0 radical (unpaired) electrons. The van der Waals surface area contributed by atoms with Crippen LogP contribution in [0.15, 0.2) is 41.1 Å². The van der Waals surface area contributed by atoms with Crippen LogP contribution in [0.4, 0.5) is 4.39 Å². The molecule has 1 aromatic heterocycles. The molecule has 2 aromatic rings. The average Bonchev–Trinajstić information content (AvgIpc) is 3.09. The van der Waals surface area contributed by atoms with Crippen molar-refractivity contribution in [2.75, 3.05) is 12.3 Å². The number of hydrogen-bond acceptors (Lipinski definition) is 3. The van der Waals surface area contributed by atoms with E-state index in [1.165, 1.54) is 23.5 Å². The fourth-order valence-electron chi connectivity index (χ4n) is 2.17. The van der Waals surface area contributed by atoms with Gasteiger partial charge in [-0.1, -0.05) is 12.1 Å². The number of nitrogens with zero attached hydrogens (tertiary/aromatic N) is 1. The minimum Gasteiger partial charge on any atom is -0.322 e. The van der Waals surface area contributed by atoms with Gasteiger partial charge in [0.25, 0.3) is 5.91 Å². The molecule has 0 bridgehead atoms. The Morgan fingerprint density at radius 1 is 1.37 bits per heavy atom. The molecule has 1 aliphatic heterocycles. The maximum atomic E-state index is 13.3. The molecule has 0 spiro atoms. The first-order valence-corrected chi connectivity index (χ1v) is 7.95. The molecule has 0 unspecified atom stereocenters. The topological polar surface area (TPSA) is 20.3 Å². The van der Waals surface area contributed by atoms with Gasteiger partial charge in [0.2, 0.25) is 0 Å². The van der Waals surface area contributed by atoms with Crippen molar-refractivity contribution >= 4 is 29.0 Å². The first kappa shape index (κ1) is 12.7. The molecule has 1 aliphatic rings. The van der Waals surface area contributed by atoms with Crippen LogP contribution in [0, 0.1) is 5.82 Å². The van der Waals surface area contributed by atoms with Crippen molar-refractivity contribution in [2.24, 2.45) is 0 Å². The van der Waals surface area contributed by atoms with Crippen LogP contribution in [0.3, 0.4) is 0 Å². The van der Waals surface area contributed by atoms with E-state index < -0.39 is 0 Å². The van der Waals surface area contributed by atoms with E-state index in [1.54, 1.807) is 17.8 Å². The highest BCUT2D eigenvalue weighted by atomic mass is 32.2. The number of amides is 1. The fourth-order valence-corrected chi connectivity index (χ4v) is 4.04. The van der Waals surface area contributed by atoms with Crippen LogP contribution in [-0.4, -0.2) is 23.1 Å². The van der Waals surface area contributed by atoms with Crippen molar-refractivity contribution in [2.45, 2.75) is 5.37 Å². The summed E-state index contributed by atoms with van der Waals surface area (Å²) in [7, 11) is 0. The predicted octanol–water partition coefficient (Wildman–Crippen LogP) is 3.78. The van der Waals surface area contributed by atoms with E-state index in [-0.39, 0.29) is 17.1 Å². The molecule has 19 heavy (non-hydrogen) atoms. The molecule has 1 aromatic carbocycles. The molecule has 1 amide bonds. The summed E-state index contributed by atoms with van der Waals surface area (Å²) in [5.41, 5.74) is 1.57. The van der Waals surface area contributed by atoms with Crippen molar-refractivity contribution < 1.29 is 9.18 Å². The molecule has 0 N–H and O–H groups in total. The van der Waals surface area contributed by atoms with Crippen molar-refractivity contribution in [1.82, 2.24) is 4.90 Å². The van der Waals surface area contributed by atoms with E-state index in [0.717, 1.165) is 11.3 Å². The second-order valence-electron chi connectivity index (χ2n) is 4.29. The minimum atomic E-state index is -0.257. The van der Waals surface area contributed by atoms with E-state index in [0.29, 0.717) is 12.1 Å². The van der Waals surface area contributed by atoms with Crippen molar-refractivity contribution in [3.05, 3.63) is 58.0 Å². The van der Waals surface area contributed by atoms with Crippen molar-refractivity contribution in [3.63, 3.8) is 0 Å². The predicted molar refractivity (Wildman–Crippen MR) is 77.0 cm³/mol. The Kier molecular flexibility index (Phi) is 3.57. The smallest absolute Gasteiger partial charge is 0.255 e. The van der Waals surface area contributed by atoms with Gasteiger partial charge in [0.1, 0.15) is 11.2 Å². The summed E-state index contributed by atoms with van der Waals surface area (Å²) in [6.07, 6.45) is 0. The van der Waals surface area contributed by atoms with Crippen LogP contribution < -0.4 is 0 Å². The second-order valence-corrected chi connectivity index (χ2v) is 6.26. The Morgan fingerprint density at radius 2 is 2.26 bits per heavy atom. The zero-order chi connectivity index (χ0) is 13.2. The van der Waals surface area contributed by atoms with Crippen LogP contribution in [-0.2, 0) is 0 Å². The quantitative estimate of drug-likeness (QED) is 0.840. The van der Waals surface area contributed by atoms with Gasteiger partial charge in [-0.05, 0) is 29.1 Å². The Labute approximate surface area is 119 Å². The first-order valence-electron chi connectivity index (χ1n) is 5.96. The highest BCUT2D eigenvalue weighted by Crippen LogP contribution is 2.38. The van der Waals surface area contributed by atoms with Gasteiger partial charge in [-0.25, -0.2) is 4.39 Å². The van der Waals surface area contributed by atoms with Gasteiger partial charge in [0.15, 0.2) is 0 Å². The molecule has 2 nitrogen and oxygen atoms in total. The molecule has 1 saturated heterocycles. The number of hydrogen-bond donors (Lipinski definition) is 0. The van der Waals surface area contributed by atoms with E-state index in [9.17, 15) is 9.18 Å². The average molecular weight is 293 g/mol. The lowest BCUT2D eigenvalue weighted by molar-refractivity contribution is 0.0760. The van der Waals surface area contributed by atoms with Crippen LogP contribution >= 0.6 is 23.1 Å². The molecule has 0 saturated carbocycles. The number of carbonyl (C=O) groups is 1. The summed E-state index contributed by atoms with van der Waals surface area (Å²) in [6.45, 7) is 0.709. The van der Waals surface area contributed by atoms with Crippen molar-refractivity contribution in [1.29, 1.82) is 0 Å². The summed E-state index contributed by atoms with van der Waals surface area (Å²) < 4.78 is 13.3. The highest BCUT2D eigenvalue weighted by Gasteiger charge is 2.31. The Balaban J connectivity index is 1.88. The molecule has 3 rings (SSSR count). The Hall–Kier alpha value is -1.33. The largest absolute Gasteiger partial charge is 0.322 e. The van der Waals surface area contributed by atoms with Crippen LogP contribution in [0.25, 0.3) is 0 Å². The third-order valence-corrected chi connectivity index (χ3v) is 5.00. The molecule has 1 fully saturated rings. The summed E-state index contributed by atoms with van der Waals surface area (Å²) in [6, 6.07) is 8.33. The number of thioether (sulfide) groups is 1. The molecular formula is C14H12FNOS2. The van der Waals surface area contributed by atoms with Gasteiger partial charge in [-0.2, -0.15) is 11.3 Å². The Morgan fingerprint density at radius 3 is 3.00 bits per heavy atom. The lowest BCUT2D eigenvalue weighted by Gasteiger charge is -2.23. The normalized spacial score (nSPS) is 18.8. The summed E-state index contributed by atoms with van der Waals surface area (Å²) in [5.74, 6) is 0.658. The van der Waals surface area contributed by atoms with E-state index in [1.807, 2.05) is 27.8 Å². The lowest BCUT2D eigenvalue weighted by atomic mass is 10.2. The summed E-state index contributed by atoms with van der Waals surface area (Å²) in [4.78, 5) is 14.2. The SMILES string of the molecule is O=C(c1ccsc1)N1CCS[C@H]1c1cccc(F)c1. The number of halogens is 1. The molecule has 2 heterocycles. The van der Waals surface area contributed by atoms with E-state index in [2.05, 4.69) is 0 Å². The highest BCUT2D eigenvalue weighted by molar-refractivity contribution is 7.99. The zero-order valence-corrected chi connectivity index (χ0v) is 11.7. The zero-order valence-electron chi connectivity index (χ0n) is 10.1. The molecule has 1 atom stereocenters. The molecule has 5 heteroatoms. The molecule has 98 valence electrons. The monoisotopic (exact) mass is 293 g/mol. The lowest BCUT2D eigenvalue weighted by Crippen LogP contribution is -2.30. The number of rotatable bonds is 2. The van der Waals surface area contributed by atoms with Gasteiger partial charge in [0.05, 0.1) is 5.56 Å². The van der Waals surface area contributed by atoms with Gasteiger partial charge in [-0.3, -0.25) is 4.79 Å². The van der Waals surface area contributed by atoms with E-state index in [4.69, 9.17) is 0 Å². The maximum absolute atomic E-state index is 13.3. The van der Waals surface area contributed by atoms with Gasteiger partial charge < -0.3 is 4.90 Å². The third-order valence-electron chi connectivity index (χ3n) is 3.05. The van der Waals surface area contributed by atoms with Crippen LogP contribution in [0.2, 0.25) is 0 Å². The van der Waals surface area contributed by atoms with Crippen molar-refractivity contribution in [3.8, 4) is 0 Å². The first-order chi connectivity index (χ1) is 9.25. The van der Waals surface area contributed by atoms with Gasteiger partial charge in [-0.15, -0.1) is 11.8 Å². The van der Waals surface area contributed by atoms with Crippen LogP contribution in [0.1, 0.15) is 21.3 Å². The van der Waals surface area contributed by atoms with Gasteiger partial charge in [0, 0.05) is 17.7 Å². The third kappa shape index (κ3) is 2.53. The summed E-state index contributed by atoms with van der Waals surface area (Å²) >= 11 is 3.19. The van der Waals surface area contributed by atoms with Crippen LogP contribution in [0.5, 0.6) is 0 Å². The van der Waals surface area contributed by atoms with Gasteiger partial charge >= 0.3 is 0 Å². The number of benzene rings is 1. The second kappa shape index (κ2) is 5.35. The maximum Gasteiger partial charge on any atom is 0.255 e. The molecule has 0 aliphatic carbocycles. The minimum absolute atomic E-state index is 0.0283. The summed E-state index contributed by atoms with van der Waals surface area (Å²) in [5, 5.41) is 3.67. The molecular weight excluding hydrogens is 281 g/mol. The van der Waals surface area contributed by atoms with E-state index >= 15 is 0 Å². The standard InChI is InChI=1S/C14H12FNOS2/c15-12-3-1-2-10(8-12)14-16(5-7-19-14)13(17)11-4-6-18-9-11/h1-4,6,8-9,14H,5,7H2/t14-/m0/s1. The Bertz CT molecular complexity index is 585.